The van der Waals surface area contributed by atoms with Gasteiger partial charge in [-0.05, 0) is 35.7 Å². The highest BCUT2D eigenvalue weighted by Crippen LogP contribution is 2.37. The summed E-state index contributed by atoms with van der Waals surface area (Å²) in [6.45, 7) is 1.16. The fourth-order valence-corrected chi connectivity index (χ4v) is 4.29. The second-order valence-corrected chi connectivity index (χ2v) is 9.01. The molecule has 1 amide bonds. The van der Waals surface area contributed by atoms with Crippen molar-refractivity contribution in [3.63, 3.8) is 0 Å². The number of fused-ring (bicyclic) bond motifs is 1. The summed E-state index contributed by atoms with van der Waals surface area (Å²) in [5, 5.41) is 12.9. The van der Waals surface area contributed by atoms with Gasteiger partial charge in [0.05, 0.1) is 13.7 Å². The number of methoxy groups -OCH3 is 1. The van der Waals surface area contributed by atoms with Gasteiger partial charge in [-0.2, -0.15) is 0 Å². The lowest BCUT2D eigenvalue weighted by molar-refractivity contribution is -0.119. The molecule has 0 radical (unpaired) electrons. The molecule has 4 rings (SSSR count). The van der Waals surface area contributed by atoms with E-state index in [1.54, 1.807) is 53.4 Å². The van der Waals surface area contributed by atoms with E-state index in [4.69, 9.17) is 26.2 Å². The molecule has 3 aromatic rings. The number of amides is 1. The minimum atomic E-state index is -3.02. The maximum absolute atomic E-state index is 14.0. The Morgan fingerprint density at radius 3 is 2.53 bits per heavy atom. The van der Waals surface area contributed by atoms with E-state index in [9.17, 15) is 13.6 Å². The molecule has 190 valence electrons. The molecule has 0 fully saturated rings. The van der Waals surface area contributed by atoms with Crippen molar-refractivity contribution in [1.82, 2.24) is 0 Å². The Labute approximate surface area is 213 Å². The molecule has 9 heteroatoms. The lowest BCUT2D eigenvalue weighted by Gasteiger charge is -2.27. The highest BCUT2D eigenvalue weighted by Gasteiger charge is 2.34. The second kappa shape index (κ2) is 10.7. The third-order valence-electron chi connectivity index (χ3n) is 5.99. The van der Waals surface area contributed by atoms with Crippen LogP contribution in [0.15, 0.2) is 60.7 Å². The first-order chi connectivity index (χ1) is 17.2. The number of aliphatic hydroxyl groups is 1. The lowest BCUT2D eigenvalue weighted by atomic mass is 10.0. The molecule has 1 aliphatic rings. The van der Waals surface area contributed by atoms with E-state index in [0.29, 0.717) is 46.4 Å². The van der Waals surface area contributed by atoms with Crippen molar-refractivity contribution >= 4 is 28.9 Å². The summed E-state index contributed by atoms with van der Waals surface area (Å²) < 4.78 is 39.0. The first-order valence-corrected chi connectivity index (χ1v) is 11.8. The van der Waals surface area contributed by atoms with E-state index in [2.05, 4.69) is 5.32 Å². The molecule has 2 N–H and O–H groups in total. The van der Waals surface area contributed by atoms with Gasteiger partial charge in [-0.1, -0.05) is 35.9 Å². The van der Waals surface area contributed by atoms with E-state index >= 15 is 0 Å². The third-order valence-corrected chi connectivity index (χ3v) is 6.24. The Morgan fingerprint density at radius 2 is 1.86 bits per heavy atom. The number of ether oxygens (including phenoxy) is 2. The monoisotopic (exact) mass is 516 g/mol. The third kappa shape index (κ3) is 5.71. The van der Waals surface area contributed by atoms with Crippen LogP contribution in [-0.4, -0.2) is 37.9 Å². The average molecular weight is 517 g/mol. The molecule has 0 aromatic heterocycles. The smallest absolute Gasteiger partial charge is 0.270 e. The van der Waals surface area contributed by atoms with Crippen LogP contribution in [0.2, 0.25) is 5.02 Å². The molecule has 36 heavy (non-hydrogen) atoms. The molecule has 1 atom stereocenters. The van der Waals surface area contributed by atoms with Crippen LogP contribution in [0, 0.1) is 0 Å². The summed E-state index contributed by atoms with van der Waals surface area (Å²) in [7, 11) is 1.51. The van der Waals surface area contributed by atoms with Gasteiger partial charge < -0.3 is 24.8 Å². The first-order valence-electron chi connectivity index (χ1n) is 11.5. The Bertz CT molecular complexity index is 1230. The van der Waals surface area contributed by atoms with Gasteiger partial charge in [0, 0.05) is 53.6 Å². The van der Waals surface area contributed by atoms with Crippen LogP contribution >= 0.6 is 11.6 Å². The molecule has 0 saturated carbocycles. The van der Waals surface area contributed by atoms with Crippen molar-refractivity contribution in [2.45, 2.75) is 25.3 Å². The van der Waals surface area contributed by atoms with Crippen LogP contribution < -0.4 is 19.7 Å². The van der Waals surface area contributed by atoms with Crippen molar-refractivity contribution in [2.75, 3.05) is 37.1 Å². The van der Waals surface area contributed by atoms with Crippen LogP contribution in [0.5, 0.6) is 11.5 Å². The zero-order chi connectivity index (χ0) is 25.9. The topological polar surface area (TPSA) is 71.0 Å². The van der Waals surface area contributed by atoms with E-state index in [1.165, 1.54) is 19.2 Å². The van der Waals surface area contributed by atoms with Gasteiger partial charge in [0.2, 0.25) is 0 Å². The summed E-state index contributed by atoms with van der Waals surface area (Å²) in [6.07, 6.45) is 0.572. The van der Waals surface area contributed by atoms with E-state index in [-0.39, 0.29) is 24.7 Å². The number of nitrogens with zero attached hydrogens (tertiary/aromatic N) is 1. The number of carbonyl (C=O) groups is 1. The van der Waals surface area contributed by atoms with Gasteiger partial charge in [-0.25, -0.2) is 8.78 Å². The van der Waals surface area contributed by atoms with E-state index in [1.807, 2.05) is 0 Å². The zero-order valence-electron chi connectivity index (χ0n) is 19.9. The van der Waals surface area contributed by atoms with Gasteiger partial charge in [0.1, 0.15) is 24.1 Å². The SMILES string of the molecule is COc1cc(NC(C(=O)N2CCc3ccc(C(C)(F)F)cc32)c2ccc(Cl)cc2)cc(OCCO)c1. The summed E-state index contributed by atoms with van der Waals surface area (Å²) in [6, 6.07) is 15.6. The van der Waals surface area contributed by atoms with Gasteiger partial charge in [-0.15, -0.1) is 0 Å². The molecular formula is C27H27ClF2N2O4. The predicted molar refractivity (Wildman–Crippen MR) is 135 cm³/mol. The maximum atomic E-state index is 14.0. The number of carbonyl (C=O) groups excluding carboxylic acids is 1. The molecule has 0 saturated heterocycles. The van der Waals surface area contributed by atoms with E-state index in [0.717, 1.165) is 12.5 Å². The van der Waals surface area contributed by atoms with Gasteiger partial charge >= 0.3 is 0 Å². The fourth-order valence-electron chi connectivity index (χ4n) is 4.17. The Kier molecular flexibility index (Phi) is 7.66. The standard InChI is InChI=1S/C27H27ClF2N2O4/c1-27(29,30)19-6-3-17-9-10-32(24(17)13-19)26(34)25(18-4-7-20(28)8-5-18)31-21-14-22(35-2)16-23(15-21)36-12-11-33/h3-8,13-16,25,31,33H,9-12H2,1-2H3. The van der Waals surface area contributed by atoms with E-state index < -0.39 is 12.0 Å². The van der Waals surface area contributed by atoms with Gasteiger partial charge in [-0.3, -0.25) is 4.79 Å². The molecule has 1 unspecified atom stereocenters. The van der Waals surface area contributed by atoms with Crippen molar-refractivity contribution in [3.05, 3.63) is 82.4 Å². The zero-order valence-corrected chi connectivity index (χ0v) is 20.7. The first kappa shape index (κ1) is 25.7. The summed E-state index contributed by atoms with van der Waals surface area (Å²) in [5.74, 6) is -2.37. The number of nitrogens with one attached hydrogen (secondary N) is 1. The molecule has 3 aromatic carbocycles. The number of hydrogen-bond acceptors (Lipinski definition) is 5. The van der Waals surface area contributed by atoms with Crippen LogP contribution in [-0.2, 0) is 17.1 Å². The molecule has 0 aliphatic carbocycles. The highest BCUT2D eigenvalue weighted by molar-refractivity contribution is 6.30. The minimum absolute atomic E-state index is 0.0983. The molecule has 1 aliphatic heterocycles. The fraction of sp³-hybridized carbons (Fsp3) is 0.296. The second-order valence-electron chi connectivity index (χ2n) is 8.57. The predicted octanol–water partition coefficient (Wildman–Crippen LogP) is 5.57. The number of hydrogen-bond donors (Lipinski definition) is 2. The van der Waals surface area contributed by atoms with Crippen LogP contribution in [0.1, 0.15) is 29.7 Å². The molecule has 0 bridgehead atoms. The largest absolute Gasteiger partial charge is 0.497 e. The number of anilines is 2. The van der Waals surface area contributed by atoms with Crippen molar-refractivity contribution in [1.29, 1.82) is 0 Å². The number of halogens is 3. The van der Waals surface area contributed by atoms with Crippen molar-refractivity contribution in [2.24, 2.45) is 0 Å². The Morgan fingerprint density at radius 1 is 1.14 bits per heavy atom. The molecule has 6 nitrogen and oxygen atoms in total. The Hall–Kier alpha value is -3.36. The van der Waals surface area contributed by atoms with Crippen molar-refractivity contribution in [3.8, 4) is 11.5 Å². The minimum Gasteiger partial charge on any atom is -0.497 e. The van der Waals surface area contributed by atoms with Crippen LogP contribution in [0.25, 0.3) is 0 Å². The summed E-state index contributed by atoms with van der Waals surface area (Å²) >= 11 is 6.08. The van der Waals surface area contributed by atoms with Crippen LogP contribution in [0.4, 0.5) is 20.2 Å². The normalized spacial score (nSPS) is 13.8. The Balaban J connectivity index is 1.71. The molecular weight excluding hydrogens is 490 g/mol. The average Bonchev–Trinajstić information content (AvgIpc) is 3.29. The number of rotatable bonds is 9. The van der Waals surface area contributed by atoms with Gasteiger partial charge in [0.25, 0.3) is 11.8 Å². The number of benzene rings is 3. The van der Waals surface area contributed by atoms with Crippen molar-refractivity contribution < 1.29 is 28.2 Å². The maximum Gasteiger partial charge on any atom is 0.270 e. The molecule has 0 spiro atoms. The van der Waals surface area contributed by atoms with Crippen LogP contribution in [0.3, 0.4) is 0 Å². The quantitative estimate of drug-likeness (QED) is 0.389. The number of alkyl halides is 2. The highest BCUT2D eigenvalue weighted by atomic mass is 35.5. The lowest BCUT2D eigenvalue weighted by Crippen LogP contribution is -2.37. The number of aliphatic hydroxyl groups excluding tert-OH is 1. The summed E-state index contributed by atoms with van der Waals surface area (Å²) in [5.41, 5.74) is 2.37. The molecule has 1 heterocycles. The van der Waals surface area contributed by atoms with Gasteiger partial charge in [0.15, 0.2) is 0 Å². The summed E-state index contributed by atoms with van der Waals surface area (Å²) in [4.78, 5) is 15.5.